The van der Waals surface area contributed by atoms with Crippen LogP contribution in [0.2, 0.25) is 0 Å². The SMILES string of the molecule is ClCC1CCCC1Nc1cncc2nnnn12. The maximum absolute atomic E-state index is 5.96. The second-order valence-corrected chi connectivity index (χ2v) is 4.65. The lowest BCUT2D eigenvalue weighted by molar-refractivity contribution is 0.558. The van der Waals surface area contributed by atoms with Gasteiger partial charge in [0.15, 0.2) is 11.5 Å². The highest BCUT2D eigenvalue weighted by Gasteiger charge is 2.27. The predicted molar refractivity (Wildman–Crippen MR) is 64.0 cm³/mol. The van der Waals surface area contributed by atoms with Crippen molar-refractivity contribution in [1.82, 2.24) is 25.0 Å². The third-order valence-electron chi connectivity index (χ3n) is 3.30. The molecule has 0 spiro atoms. The molecule has 0 saturated heterocycles. The number of nitrogens with one attached hydrogen (secondary N) is 1. The van der Waals surface area contributed by atoms with E-state index in [0.717, 1.165) is 12.2 Å². The van der Waals surface area contributed by atoms with E-state index < -0.39 is 0 Å². The van der Waals surface area contributed by atoms with E-state index in [-0.39, 0.29) is 0 Å². The number of anilines is 1. The van der Waals surface area contributed by atoms with Gasteiger partial charge in [-0.05, 0) is 29.2 Å². The normalized spacial score (nSPS) is 24.3. The molecule has 2 unspecified atom stereocenters. The molecular weight excluding hydrogens is 240 g/mol. The summed E-state index contributed by atoms with van der Waals surface area (Å²) in [5.41, 5.74) is 0.649. The smallest absolute Gasteiger partial charge is 0.199 e. The third-order valence-corrected chi connectivity index (χ3v) is 3.70. The summed E-state index contributed by atoms with van der Waals surface area (Å²) in [6.45, 7) is 0. The Morgan fingerprint density at radius 2 is 2.35 bits per heavy atom. The van der Waals surface area contributed by atoms with Crippen LogP contribution in [0.3, 0.4) is 0 Å². The summed E-state index contributed by atoms with van der Waals surface area (Å²) < 4.78 is 1.66. The van der Waals surface area contributed by atoms with Crippen molar-refractivity contribution in [3.05, 3.63) is 12.4 Å². The highest BCUT2D eigenvalue weighted by molar-refractivity contribution is 6.18. The molecule has 2 atom stereocenters. The standard InChI is InChI=1S/C10H13ClN6/c11-4-7-2-1-3-8(7)13-9-5-12-6-10-14-15-16-17(9)10/h5-8,13H,1-4H2. The minimum absolute atomic E-state index is 0.393. The maximum atomic E-state index is 5.96. The van der Waals surface area contributed by atoms with Crippen LogP contribution in [0.4, 0.5) is 5.82 Å². The summed E-state index contributed by atoms with van der Waals surface area (Å²) in [7, 11) is 0. The Bertz CT molecular complexity index is 512. The largest absolute Gasteiger partial charge is 0.366 e. The molecule has 1 fully saturated rings. The molecule has 2 aromatic rings. The van der Waals surface area contributed by atoms with Gasteiger partial charge in [0.05, 0.1) is 12.4 Å². The highest BCUT2D eigenvalue weighted by Crippen LogP contribution is 2.29. The first-order valence-corrected chi connectivity index (χ1v) is 6.26. The van der Waals surface area contributed by atoms with Crippen molar-refractivity contribution >= 4 is 23.1 Å². The van der Waals surface area contributed by atoms with Gasteiger partial charge in [-0.3, -0.25) is 4.98 Å². The summed E-state index contributed by atoms with van der Waals surface area (Å²) in [5.74, 6) is 2.04. The van der Waals surface area contributed by atoms with Crippen molar-refractivity contribution in [2.24, 2.45) is 5.92 Å². The van der Waals surface area contributed by atoms with E-state index in [0.29, 0.717) is 23.5 Å². The Labute approximate surface area is 103 Å². The Morgan fingerprint density at radius 1 is 1.41 bits per heavy atom. The fourth-order valence-corrected chi connectivity index (χ4v) is 2.74. The number of fused-ring (bicyclic) bond motifs is 1. The van der Waals surface area contributed by atoms with Gasteiger partial charge in [0.1, 0.15) is 0 Å². The van der Waals surface area contributed by atoms with E-state index in [1.54, 1.807) is 16.9 Å². The molecule has 1 N–H and O–H groups in total. The number of hydrogen-bond acceptors (Lipinski definition) is 5. The number of aromatic nitrogens is 5. The van der Waals surface area contributed by atoms with Crippen LogP contribution in [-0.2, 0) is 0 Å². The average Bonchev–Trinajstić information content (AvgIpc) is 2.97. The van der Waals surface area contributed by atoms with Crippen LogP contribution in [0.5, 0.6) is 0 Å². The van der Waals surface area contributed by atoms with Crippen molar-refractivity contribution < 1.29 is 0 Å². The van der Waals surface area contributed by atoms with E-state index >= 15 is 0 Å². The summed E-state index contributed by atoms with van der Waals surface area (Å²) in [5, 5.41) is 14.9. The van der Waals surface area contributed by atoms with Gasteiger partial charge >= 0.3 is 0 Å². The van der Waals surface area contributed by atoms with Crippen molar-refractivity contribution in [3.63, 3.8) is 0 Å². The van der Waals surface area contributed by atoms with Crippen molar-refractivity contribution in [2.75, 3.05) is 11.2 Å². The molecule has 2 heterocycles. The van der Waals surface area contributed by atoms with E-state index in [2.05, 4.69) is 25.8 Å². The van der Waals surface area contributed by atoms with E-state index in [9.17, 15) is 0 Å². The maximum Gasteiger partial charge on any atom is 0.199 e. The minimum Gasteiger partial charge on any atom is -0.366 e. The van der Waals surface area contributed by atoms with Gasteiger partial charge in [0, 0.05) is 11.9 Å². The van der Waals surface area contributed by atoms with E-state index in [1.807, 2.05) is 0 Å². The van der Waals surface area contributed by atoms with Gasteiger partial charge in [-0.2, -0.15) is 4.52 Å². The Balaban J connectivity index is 1.87. The molecule has 0 aliphatic heterocycles. The Hall–Kier alpha value is -1.43. The average molecular weight is 253 g/mol. The molecule has 1 saturated carbocycles. The van der Waals surface area contributed by atoms with Crippen molar-refractivity contribution in [1.29, 1.82) is 0 Å². The van der Waals surface area contributed by atoms with Gasteiger partial charge in [-0.1, -0.05) is 6.42 Å². The van der Waals surface area contributed by atoms with Crippen LogP contribution in [0.15, 0.2) is 12.4 Å². The predicted octanol–water partition coefficient (Wildman–Crippen LogP) is 1.34. The monoisotopic (exact) mass is 252 g/mol. The second-order valence-electron chi connectivity index (χ2n) is 4.34. The summed E-state index contributed by atoms with van der Waals surface area (Å²) >= 11 is 5.96. The Morgan fingerprint density at radius 3 is 3.24 bits per heavy atom. The lowest BCUT2D eigenvalue weighted by Gasteiger charge is -2.19. The molecule has 7 heteroatoms. The van der Waals surface area contributed by atoms with Crippen LogP contribution in [0.1, 0.15) is 19.3 Å². The fraction of sp³-hybridized carbons (Fsp3) is 0.600. The van der Waals surface area contributed by atoms with Crippen LogP contribution < -0.4 is 5.32 Å². The van der Waals surface area contributed by atoms with Crippen LogP contribution in [0, 0.1) is 5.92 Å². The molecule has 3 rings (SSSR count). The Kier molecular flexibility index (Phi) is 2.80. The minimum atomic E-state index is 0.393. The zero-order chi connectivity index (χ0) is 11.7. The number of halogens is 1. The van der Waals surface area contributed by atoms with Gasteiger partial charge in [-0.15, -0.1) is 16.7 Å². The molecule has 0 radical (unpaired) electrons. The quantitative estimate of drug-likeness (QED) is 0.835. The van der Waals surface area contributed by atoms with Gasteiger partial charge in [0.25, 0.3) is 0 Å². The molecule has 0 aromatic carbocycles. The number of alkyl halides is 1. The van der Waals surface area contributed by atoms with Gasteiger partial charge < -0.3 is 5.32 Å². The van der Waals surface area contributed by atoms with Crippen LogP contribution in [-0.4, -0.2) is 36.9 Å². The van der Waals surface area contributed by atoms with E-state index in [1.165, 1.54) is 12.8 Å². The number of hydrogen-bond donors (Lipinski definition) is 1. The van der Waals surface area contributed by atoms with Gasteiger partial charge in [-0.25, -0.2) is 0 Å². The molecular formula is C10H13ClN6. The zero-order valence-electron chi connectivity index (χ0n) is 9.25. The van der Waals surface area contributed by atoms with Crippen molar-refractivity contribution in [3.8, 4) is 0 Å². The molecule has 2 aromatic heterocycles. The zero-order valence-corrected chi connectivity index (χ0v) is 10.0. The summed E-state index contributed by atoms with van der Waals surface area (Å²) in [4.78, 5) is 4.12. The van der Waals surface area contributed by atoms with Crippen molar-refractivity contribution in [2.45, 2.75) is 25.3 Å². The lowest BCUT2D eigenvalue weighted by Crippen LogP contribution is -2.26. The second kappa shape index (κ2) is 4.44. The number of rotatable bonds is 3. The van der Waals surface area contributed by atoms with E-state index in [4.69, 9.17) is 11.6 Å². The van der Waals surface area contributed by atoms with Crippen LogP contribution >= 0.6 is 11.6 Å². The first-order chi connectivity index (χ1) is 8.38. The lowest BCUT2D eigenvalue weighted by atomic mass is 10.1. The molecule has 90 valence electrons. The number of tetrazole rings is 1. The molecule has 6 nitrogen and oxygen atoms in total. The van der Waals surface area contributed by atoms with Crippen LogP contribution in [0.25, 0.3) is 5.65 Å². The third kappa shape index (κ3) is 1.93. The molecule has 1 aliphatic rings. The molecule has 0 amide bonds. The highest BCUT2D eigenvalue weighted by atomic mass is 35.5. The summed E-state index contributed by atoms with van der Waals surface area (Å²) in [6, 6.07) is 0.393. The topological polar surface area (TPSA) is 68.0 Å². The first kappa shape index (κ1) is 10.7. The van der Waals surface area contributed by atoms with Gasteiger partial charge in [0.2, 0.25) is 0 Å². The molecule has 0 bridgehead atoms. The molecule has 1 aliphatic carbocycles. The number of nitrogens with zero attached hydrogens (tertiary/aromatic N) is 5. The summed E-state index contributed by atoms with van der Waals surface area (Å²) in [6.07, 6.45) is 6.91. The molecule has 17 heavy (non-hydrogen) atoms. The fourth-order valence-electron chi connectivity index (χ4n) is 2.38. The first-order valence-electron chi connectivity index (χ1n) is 5.73.